The normalized spacial score (nSPS) is 13.8. The number of aliphatic carboxylic acids is 1. The maximum Gasteiger partial charge on any atom is 0.328 e. The molecular formula is C18H25NO5. The Kier molecular flexibility index (Phi) is 7.10. The number of carbonyl (C=O) groups is 3. The van der Waals surface area contributed by atoms with E-state index < -0.39 is 35.9 Å². The van der Waals surface area contributed by atoms with Crippen LogP contribution in [0.15, 0.2) is 30.3 Å². The summed E-state index contributed by atoms with van der Waals surface area (Å²) in [5.74, 6) is -2.62. The zero-order chi connectivity index (χ0) is 18.3. The molecule has 0 aliphatic rings. The Morgan fingerprint density at radius 1 is 1.12 bits per heavy atom. The molecule has 0 aromatic heterocycles. The van der Waals surface area contributed by atoms with E-state index in [9.17, 15) is 14.4 Å². The number of hydrogen-bond donors (Lipinski definition) is 3. The topological polar surface area (TPSA) is 104 Å². The Morgan fingerprint density at radius 3 is 2.17 bits per heavy atom. The molecule has 3 N–H and O–H groups in total. The fourth-order valence-electron chi connectivity index (χ4n) is 2.16. The standard InChI is InChI=1S/C18H25NO5/c1-18(2,3)15(21)10-13(9-12-7-5-4-6-8-12)16(22)19-14(11-20)17(23)24/h4-8,13-14,20H,9-11H2,1-3H3,(H,19,22)(H,23,24)/t13-,14-/m0/s1. The fraction of sp³-hybridized carbons (Fsp3) is 0.500. The minimum absolute atomic E-state index is 0.0159. The van der Waals surface area contributed by atoms with Crippen LogP contribution in [0.4, 0.5) is 0 Å². The highest BCUT2D eigenvalue weighted by atomic mass is 16.4. The molecule has 0 unspecified atom stereocenters. The van der Waals surface area contributed by atoms with Gasteiger partial charge in [-0.15, -0.1) is 0 Å². The van der Waals surface area contributed by atoms with Gasteiger partial charge in [-0.1, -0.05) is 51.1 Å². The maximum atomic E-state index is 12.4. The summed E-state index contributed by atoms with van der Waals surface area (Å²) in [5, 5.41) is 20.3. The minimum Gasteiger partial charge on any atom is -0.480 e. The molecule has 1 amide bonds. The van der Waals surface area contributed by atoms with Gasteiger partial charge in [-0.05, 0) is 12.0 Å². The van der Waals surface area contributed by atoms with Crippen LogP contribution in [0.5, 0.6) is 0 Å². The Labute approximate surface area is 141 Å². The van der Waals surface area contributed by atoms with Gasteiger partial charge in [0.25, 0.3) is 0 Å². The molecule has 24 heavy (non-hydrogen) atoms. The first-order valence-electron chi connectivity index (χ1n) is 7.86. The van der Waals surface area contributed by atoms with Crippen LogP contribution < -0.4 is 5.32 Å². The second-order valence-corrected chi connectivity index (χ2v) is 6.85. The zero-order valence-corrected chi connectivity index (χ0v) is 14.3. The van der Waals surface area contributed by atoms with E-state index in [4.69, 9.17) is 10.2 Å². The lowest BCUT2D eigenvalue weighted by Gasteiger charge is -2.23. The van der Waals surface area contributed by atoms with E-state index in [0.717, 1.165) is 5.56 Å². The summed E-state index contributed by atoms with van der Waals surface area (Å²) in [4.78, 5) is 35.7. The first-order valence-corrected chi connectivity index (χ1v) is 7.86. The minimum atomic E-state index is -1.37. The number of benzene rings is 1. The fourth-order valence-corrected chi connectivity index (χ4v) is 2.16. The predicted molar refractivity (Wildman–Crippen MR) is 89.4 cm³/mol. The van der Waals surface area contributed by atoms with Crippen LogP contribution in [0.25, 0.3) is 0 Å². The smallest absolute Gasteiger partial charge is 0.328 e. The number of carboxylic acids is 1. The predicted octanol–water partition coefficient (Wildman–Crippen LogP) is 1.41. The number of Topliss-reactive ketones (excluding diaryl/α,β-unsaturated/α-hetero) is 1. The number of carbonyl (C=O) groups excluding carboxylic acids is 2. The quantitative estimate of drug-likeness (QED) is 0.666. The highest BCUT2D eigenvalue weighted by Crippen LogP contribution is 2.22. The Bertz CT molecular complexity index is 577. The first-order chi connectivity index (χ1) is 11.1. The third-order valence-corrected chi connectivity index (χ3v) is 3.76. The molecule has 1 aromatic carbocycles. The number of hydrogen-bond acceptors (Lipinski definition) is 4. The lowest BCUT2D eigenvalue weighted by atomic mass is 9.83. The molecule has 0 aliphatic heterocycles. The van der Waals surface area contributed by atoms with Crippen molar-refractivity contribution in [2.45, 2.75) is 39.7 Å². The number of aliphatic hydroxyl groups is 1. The number of aliphatic hydroxyl groups excluding tert-OH is 1. The van der Waals surface area contributed by atoms with Crippen molar-refractivity contribution in [2.75, 3.05) is 6.61 Å². The van der Waals surface area contributed by atoms with Crippen molar-refractivity contribution in [1.82, 2.24) is 5.32 Å². The molecule has 1 rings (SSSR count). The van der Waals surface area contributed by atoms with Crippen molar-refractivity contribution < 1.29 is 24.6 Å². The van der Waals surface area contributed by atoms with Crippen LogP contribution in [0.1, 0.15) is 32.8 Å². The summed E-state index contributed by atoms with van der Waals surface area (Å²) in [5.41, 5.74) is 0.300. The summed E-state index contributed by atoms with van der Waals surface area (Å²) >= 11 is 0. The van der Waals surface area contributed by atoms with Crippen LogP contribution in [0.3, 0.4) is 0 Å². The molecule has 132 valence electrons. The molecule has 6 nitrogen and oxygen atoms in total. The van der Waals surface area contributed by atoms with Crippen molar-refractivity contribution in [3.63, 3.8) is 0 Å². The molecule has 0 bridgehead atoms. The average molecular weight is 335 g/mol. The van der Waals surface area contributed by atoms with Gasteiger partial charge in [-0.3, -0.25) is 9.59 Å². The van der Waals surface area contributed by atoms with Crippen LogP contribution >= 0.6 is 0 Å². The summed E-state index contributed by atoms with van der Waals surface area (Å²) < 4.78 is 0. The van der Waals surface area contributed by atoms with Gasteiger partial charge in [-0.25, -0.2) is 4.79 Å². The SMILES string of the molecule is CC(C)(C)C(=O)C[C@H](Cc1ccccc1)C(=O)N[C@@H](CO)C(=O)O. The van der Waals surface area contributed by atoms with E-state index in [1.807, 2.05) is 30.3 Å². The highest BCUT2D eigenvalue weighted by Gasteiger charge is 2.30. The van der Waals surface area contributed by atoms with E-state index in [2.05, 4.69) is 5.32 Å². The van der Waals surface area contributed by atoms with Crippen molar-refractivity contribution in [1.29, 1.82) is 0 Å². The molecule has 0 heterocycles. The van der Waals surface area contributed by atoms with Gasteiger partial charge in [-0.2, -0.15) is 0 Å². The summed E-state index contributed by atoms with van der Waals surface area (Å²) in [6.45, 7) is 4.63. The van der Waals surface area contributed by atoms with Gasteiger partial charge in [0.1, 0.15) is 11.8 Å². The molecule has 1 aromatic rings. The average Bonchev–Trinajstić information content (AvgIpc) is 2.51. The van der Waals surface area contributed by atoms with Crippen molar-refractivity contribution in [3.05, 3.63) is 35.9 Å². The van der Waals surface area contributed by atoms with Crippen LogP contribution in [0.2, 0.25) is 0 Å². The van der Waals surface area contributed by atoms with Crippen molar-refractivity contribution in [3.8, 4) is 0 Å². The molecule has 0 saturated carbocycles. The molecule has 0 aliphatic carbocycles. The maximum absolute atomic E-state index is 12.4. The number of ketones is 1. The van der Waals surface area contributed by atoms with Gasteiger partial charge in [0, 0.05) is 17.8 Å². The summed E-state index contributed by atoms with van der Waals surface area (Å²) in [7, 11) is 0. The Hall–Kier alpha value is -2.21. The second-order valence-electron chi connectivity index (χ2n) is 6.85. The lowest BCUT2D eigenvalue weighted by Crippen LogP contribution is -2.46. The molecule has 0 saturated heterocycles. The largest absolute Gasteiger partial charge is 0.480 e. The number of rotatable bonds is 8. The van der Waals surface area contributed by atoms with Gasteiger partial charge in [0.05, 0.1) is 6.61 Å². The van der Waals surface area contributed by atoms with Gasteiger partial charge in [0.15, 0.2) is 0 Å². The van der Waals surface area contributed by atoms with Crippen molar-refractivity contribution in [2.24, 2.45) is 11.3 Å². The molecule has 6 heteroatoms. The number of amides is 1. The highest BCUT2D eigenvalue weighted by molar-refractivity contribution is 5.91. The van der Waals surface area contributed by atoms with Gasteiger partial charge < -0.3 is 15.5 Å². The third kappa shape index (κ3) is 6.12. The number of carboxylic acid groups (broad SMARTS) is 1. The van der Waals surface area contributed by atoms with Crippen LogP contribution in [-0.2, 0) is 20.8 Å². The second kappa shape index (κ2) is 8.59. The third-order valence-electron chi connectivity index (χ3n) is 3.76. The molecular weight excluding hydrogens is 310 g/mol. The lowest BCUT2D eigenvalue weighted by molar-refractivity contribution is -0.143. The van der Waals surface area contributed by atoms with Crippen molar-refractivity contribution >= 4 is 17.7 Å². The Balaban J connectivity index is 2.93. The van der Waals surface area contributed by atoms with Gasteiger partial charge >= 0.3 is 5.97 Å². The monoisotopic (exact) mass is 335 g/mol. The van der Waals surface area contributed by atoms with E-state index in [0.29, 0.717) is 6.42 Å². The van der Waals surface area contributed by atoms with Crippen LogP contribution in [-0.4, -0.2) is 40.5 Å². The van der Waals surface area contributed by atoms with Gasteiger partial charge in [0.2, 0.25) is 5.91 Å². The molecule has 0 spiro atoms. The van der Waals surface area contributed by atoms with E-state index in [1.165, 1.54) is 0 Å². The first kappa shape index (κ1) is 19.8. The summed E-state index contributed by atoms with van der Waals surface area (Å²) in [6, 6.07) is 7.85. The van der Waals surface area contributed by atoms with E-state index in [-0.39, 0.29) is 12.2 Å². The Morgan fingerprint density at radius 2 is 1.71 bits per heavy atom. The molecule has 0 radical (unpaired) electrons. The molecule has 2 atom stereocenters. The van der Waals surface area contributed by atoms with E-state index >= 15 is 0 Å². The molecule has 0 fully saturated rings. The van der Waals surface area contributed by atoms with Crippen LogP contribution in [0, 0.1) is 11.3 Å². The number of nitrogens with one attached hydrogen (secondary N) is 1. The zero-order valence-electron chi connectivity index (χ0n) is 14.3. The summed E-state index contributed by atoms with van der Waals surface area (Å²) in [6.07, 6.45) is 0.342. The van der Waals surface area contributed by atoms with E-state index in [1.54, 1.807) is 20.8 Å².